The van der Waals surface area contributed by atoms with E-state index in [9.17, 15) is 9.59 Å². The lowest BCUT2D eigenvalue weighted by molar-refractivity contribution is -0.151. The molecule has 5 heteroatoms. The molecule has 5 nitrogen and oxygen atoms in total. The molecule has 4 bridgehead atoms. The van der Waals surface area contributed by atoms with Crippen LogP contribution in [0.3, 0.4) is 0 Å². The van der Waals surface area contributed by atoms with Crippen LogP contribution in [-0.4, -0.2) is 18.4 Å². The molecule has 4 aliphatic carbocycles. The summed E-state index contributed by atoms with van der Waals surface area (Å²) < 4.78 is 5.23. The van der Waals surface area contributed by atoms with Gasteiger partial charge >= 0.3 is 5.97 Å². The summed E-state index contributed by atoms with van der Waals surface area (Å²) in [5.41, 5.74) is 1.16. The van der Waals surface area contributed by atoms with Crippen molar-refractivity contribution in [3.05, 3.63) is 35.4 Å². The molecule has 26 heavy (non-hydrogen) atoms. The molecule has 1 N–H and O–H groups in total. The van der Waals surface area contributed by atoms with Crippen LogP contribution in [0.25, 0.3) is 0 Å². The van der Waals surface area contributed by atoms with Gasteiger partial charge < -0.3 is 10.1 Å². The minimum absolute atomic E-state index is 0.0481. The minimum Gasteiger partial charge on any atom is -0.460 e. The van der Waals surface area contributed by atoms with Gasteiger partial charge in [-0.15, -0.1) is 0 Å². The average molecular weight is 352 g/mol. The van der Waals surface area contributed by atoms with E-state index in [1.807, 2.05) is 0 Å². The summed E-state index contributed by atoms with van der Waals surface area (Å²) in [6.45, 7) is 0.0780. The van der Waals surface area contributed by atoms with Gasteiger partial charge in [0, 0.05) is 5.41 Å². The molecule has 4 fully saturated rings. The van der Waals surface area contributed by atoms with Crippen LogP contribution in [0.2, 0.25) is 0 Å². The molecule has 0 unspecified atom stereocenters. The summed E-state index contributed by atoms with van der Waals surface area (Å²) in [6.07, 6.45) is 6.85. The van der Waals surface area contributed by atoms with Gasteiger partial charge in [0.2, 0.25) is 5.91 Å². The Morgan fingerprint density at radius 3 is 2.19 bits per heavy atom. The highest BCUT2D eigenvalue weighted by Gasteiger charge is 2.54. The molecule has 0 radical (unpaired) electrons. The summed E-state index contributed by atoms with van der Waals surface area (Å²) in [4.78, 5) is 24.8. The number of hydrogen-bond acceptors (Lipinski definition) is 4. The Bertz CT molecular complexity index is 712. The van der Waals surface area contributed by atoms with Gasteiger partial charge in [-0.1, -0.05) is 12.1 Å². The molecule has 0 heterocycles. The quantitative estimate of drug-likeness (QED) is 0.827. The van der Waals surface area contributed by atoms with E-state index < -0.39 is 5.97 Å². The van der Waals surface area contributed by atoms with Crippen LogP contribution >= 0.6 is 0 Å². The zero-order valence-corrected chi connectivity index (χ0v) is 14.9. The van der Waals surface area contributed by atoms with Crippen molar-refractivity contribution in [3.8, 4) is 6.07 Å². The molecule has 0 aromatic heterocycles. The smallest absolute Gasteiger partial charge is 0.325 e. The third-order valence-corrected chi connectivity index (χ3v) is 6.40. The van der Waals surface area contributed by atoms with Crippen molar-refractivity contribution in [1.82, 2.24) is 5.32 Å². The van der Waals surface area contributed by atoms with Crippen LogP contribution in [0.5, 0.6) is 0 Å². The van der Waals surface area contributed by atoms with Crippen molar-refractivity contribution in [2.45, 2.75) is 45.1 Å². The van der Waals surface area contributed by atoms with E-state index in [1.54, 1.807) is 24.3 Å². The van der Waals surface area contributed by atoms with Gasteiger partial charge in [-0.05, 0) is 74.0 Å². The predicted octanol–water partition coefficient (Wildman–Crippen LogP) is 2.93. The number of ether oxygens (including phenoxy) is 1. The first-order chi connectivity index (χ1) is 12.6. The first-order valence-corrected chi connectivity index (χ1v) is 9.49. The Morgan fingerprint density at radius 1 is 1.08 bits per heavy atom. The van der Waals surface area contributed by atoms with Crippen molar-refractivity contribution in [2.24, 2.45) is 23.2 Å². The number of amides is 1. The zero-order chi connectivity index (χ0) is 18.1. The van der Waals surface area contributed by atoms with Crippen molar-refractivity contribution >= 4 is 11.9 Å². The highest BCUT2D eigenvalue weighted by molar-refractivity contribution is 5.86. The number of carbonyl (C=O) groups is 2. The molecule has 5 rings (SSSR count). The molecular weight excluding hydrogens is 328 g/mol. The summed E-state index contributed by atoms with van der Waals surface area (Å²) in [5.74, 6) is 1.74. The second-order valence-electron chi connectivity index (χ2n) is 8.35. The molecule has 0 spiro atoms. The maximum absolute atomic E-state index is 12.8. The standard InChI is InChI=1S/C21H24N2O3/c22-11-14-1-3-15(4-2-14)13-26-19(24)12-23-20(25)21-8-16-5-17(9-21)7-18(6-16)10-21/h1-4,16-18H,5-10,12-13H2,(H,23,25). The normalized spacial score (nSPS) is 31.3. The Morgan fingerprint density at radius 2 is 1.65 bits per heavy atom. The maximum Gasteiger partial charge on any atom is 0.325 e. The van der Waals surface area contributed by atoms with Crippen LogP contribution < -0.4 is 5.32 Å². The van der Waals surface area contributed by atoms with Gasteiger partial charge in [0.05, 0.1) is 11.6 Å². The second kappa shape index (κ2) is 6.75. The molecule has 1 amide bonds. The molecule has 1 aromatic carbocycles. The first-order valence-electron chi connectivity index (χ1n) is 9.49. The fourth-order valence-electron chi connectivity index (χ4n) is 5.62. The van der Waals surface area contributed by atoms with Gasteiger partial charge in [0.15, 0.2) is 0 Å². The summed E-state index contributed by atoms with van der Waals surface area (Å²) in [7, 11) is 0. The Balaban J connectivity index is 1.26. The van der Waals surface area contributed by atoms with Crippen LogP contribution in [0.15, 0.2) is 24.3 Å². The zero-order valence-electron chi connectivity index (χ0n) is 14.9. The molecule has 0 saturated heterocycles. The van der Waals surface area contributed by atoms with E-state index in [4.69, 9.17) is 10.00 Å². The number of nitrogens with one attached hydrogen (secondary N) is 1. The van der Waals surface area contributed by atoms with Gasteiger partial charge in [-0.25, -0.2) is 0 Å². The molecule has 0 aliphatic heterocycles. The predicted molar refractivity (Wildman–Crippen MR) is 94.6 cm³/mol. The van der Waals surface area contributed by atoms with E-state index in [2.05, 4.69) is 11.4 Å². The van der Waals surface area contributed by atoms with Crippen LogP contribution in [0.4, 0.5) is 0 Å². The van der Waals surface area contributed by atoms with Crippen LogP contribution in [-0.2, 0) is 20.9 Å². The lowest BCUT2D eigenvalue weighted by atomic mass is 9.49. The number of benzene rings is 1. The molecule has 4 saturated carbocycles. The number of rotatable bonds is 5. The largest absolute Gasteiger partial charge is 0.460 e. The number of hydrogen-bond donors (Lipinski definition) is 1. The van der Waals surface area contributed by atoms with Crippen LogP contribution in [0.1, 0.15) is 49.7 Å². The molecule has 0 atom stereocenters. The molecule has 1 aromatic rings. The van der Waals surface area contributed by atoms with E-state index in [1.165, 1.54) is 19.3 Å². The number of nitrogens with zero attached hydrogens (tertiary/aromatic N) is 1. The highest BCUT2D eigenvalue weighted by atomic mass is 16.5. The maximum atomic E-state index is 12.8. The second-order valence-corrected chi connectivity index (χ2v) is 8.35. The average Bonchev–Trinajstić information content (AvgIpc) is 2.63. The fraction of sp³-hybridized carbons (Fsp3) is 0.571. The van der Waals surface area contributed by atoms with Gasteiger partial charge in [0.1, 0.15) is 13.2 Å². The Labute approximate surface area is 153 Å². The topological polar surface area (TPSA) is 79.2 Å². The lowest BCUT2D eigenvalue weighted by Gasteiger charge is -2.55. The van der Waals surface area contributed by atoms with Gasteiger partial charge in [0.25, 0.3) is 0 Å². The van der Waals surface area contributed by atoms with E-state index in [0.29, 0.717) is 23.3 Å². The summed E-state index contributed by atoms with van der Waals surface area (Å²) in [6, 6.07) is 8.96. The molecular formula is C21H24N2O3. The number of esters is 1. The highest BCUT2D eigenvalue weighted by Crippen LogP contribution is 2.60. The van der Waals surface area contributed by atoms with E-state index in [-0.39, 0.29) is 24.5 Å². The molecule has 136 valence electrons. The van der Waals surface area contributed by atoms with Crippen molar-refractivity contribution in [3.63, 3.8) is 0 Å². The summed E-state index contributed by atoms with van der Waals surface area (Å²) in [5, 5.41) is 11.6. The van der Waals surface area contributed by atoms with Crippen molar-refractivity contribution < 1.29 is 14.3 Å². The van der Waals surface area contributed by atoms with E-state index in [0.717, 1.165) is 24.8 Å². The fourth-order valence-corrected chi connectivity index (χ4v) is 5.62. The molecule has 4 aliphatic rings. The summed E-state index contributed by atoms with van der Waals surface area (Å²) >= 11 is 0. The SMILES string of the molecule is N#Cc1ccc(COC(=O)CNC(=O)C23CC4CC(CC(C4)C2)C3)cc1. The van der Waals surface area contributed by atoms with Crippen molar-refractivity contribution in [1.29, 1.82) is 5.26 Å². The Kier molecular flexibility index (Phi) is 4.44. The monoisotopic (exact) mass is 352 g/mol. The number of carbonyl (C=O) groups excluding carboxylic acids is 2. The third kappa shape index (κ3) is 3.33. The van der Waals surface area contributed by atoms with Gasteiger partial charge in [-0.2, -0.15) is 5.26 Å². The Hall–Kier alpha value is -2.35. The van der Waals surface area contributed by atoms with Crippen molar-refractivity contribution in [2.75, 3.05) is 6.54 Å². The van der Waals surface area contributed by atoms with Gasteiger partial charge in [-0.3, -0.25) is 9.59 Å². The van der Waals surface area contributed by atoms with Crippen LogP contribution in [0, 0.1) is 34.5 Å². The third-order valence-electron chi connectivity index (χ3n) is 6.40. The van der Waals surface area contributed by atoms with E-state index >= 15 is 0 Å². The minimum atomic E-state index is -0.424. The lowest BCUT2D eigenvalue weighted by Crippen LogP contribution is -2.54. The first kappa shape index (κ1) is 17.1. The number of nitriles is 1.